The van der Waals surface area contributed by atoms with Crippen LogP contribution in [-0.2, 0) is 6.18 Å². The topological polar surface area (TPSA) is 37.8 Å². The van der Waals surface area contributed by atoms with Crippen LogP contribution < -0.4 is 5.32 Å². The largest absolute Gasteiger partial charge is 0.418 e. The van der Waals surface area contributed by atoms with E-state index in [2.05, 4.69) is 15.3 Å². The maximum Gasteiger partial charge on any atom is 0.418 e. The zero-order valence-corrected chi connectivity index (χ0v) is 15.1. The zero-order chi connectivity index (χ0) is 19.7. The SMILES string of the molecule is FC(F)(F)c1ccccc1Nc1nc(-c2ccc(Cl)cc2)nc2ccccc12. The van der Waals surface area contributed by atoms with E-state index in [-0.39, 0.29) is 5.69 Å². The molecule has 0 atom stereocenters. The van der Waals surface area contributed by atoms with E-state index in [0.717, 1.165) is 6.07 Å². The fourth-order valence-electron chi connectivity index (χ4n) is 2.87. The summed E-state index contributed by atoms with van der Waals surface area (Å²) < 4.78 is 40.1. The van der Waals surface area contributed by atoms with Crippen molar-refractivity contribution in [2.75, 3.05) is 5.32 Å². The average Bonchev–Trinajstić information content (AvgIpc) is 2.68. The number of fused-ring (bicyclic) bond motifs is 1. The summed E-state index contributed by atoms with van der Waals surface area (Å²) in [5.41, 5.74) is 0.503. The number of alkyl halides is 3. The van der Waals surface area contributed by atoms with Crippen molar-refractivity contribution in [2.45, 2.75) is 6.18 Å². The summed E-state index contributed by atoms with van der Waals surface area (Å²) in [7, 11) is 0. The van der Waals surface area contributed by atoms with Gasteiger partial charge in [-0.2, -0.15) is 13.2 Å². The number of benzene rings is 3. The molecule has 1 aromatic heterocycles. The van der Waals surface area contributed by atoms with Gasteiger partial charge in [0.05, 0.1) is 16.8 Å². The first-order valence-corrected chi connectivity index (χ1v) is 8.75. The van der Waals surface area contributed by atoms with E-state index in [1.54, 1.807) is 48.5 Å². The number of anilines is 2. The number of para-hydroxylation sites is 2. The van der Waals surface area contributed by atoms with Crippen molar-refractivity contribution in [1.29, 1.82) is 0 Å². The highest BCUT2D eigenvalue weighted by molar-refractivity contribution is 6.30. The summed E-state index contributed by atoms with van der Waals surface area (Å²) in [5.74, 6) is 0.689. The van der Waals surface area contributed by atoms with Crippen molar-refractivity contribution in [2.24, 2.45) is 0 Å². The number of hydrogen-bond acceptors (Lipinski definition) is 3. The summed E-state index contributed by atoms with van der Waals surface area (Å²) in [4.78, 5) is 9.02. The van der Waals surface area contributed by atoms with Crippen molar-refractivity contribution in [1.82, 2.24) is 9.97 Å². The molecule has 7 heteroatoms. The minimum atomic E-state index is -4.48. The van der Waals surface area contributed by atoms with Gasteiger partial charge in [-0.3, -0.25) is 0 Å². The maximum atomic E-state index is 13.4. The van der Waals surface area contributed by atoms with Gasteiger partial charge in [-0.15, -0.1) is 0 Å². The molecule has 0 spiro atoms. The van der Waals surface area contributed by atoms with Crippen LogP contribution in [0.1, 0.15) is 5.56 Å². The van der Waals surface area contributed by atoms with Gasteiger partial charge in [0.25, 0.3) is 0 Å². The molecular weight excluding hydrogens is 387 g/mol. The van der Waals surface area contributed by atoms with Gasteiger partial charge in [0, 0.05) is 16.0 Å². The number of aromatic nitrogens is 2. The van der Waals surface area contributed by atoms with E-state index in [1.807, 2.05) is 6.07 Å². The van der Waals surface area contributed by atoms with Gasteiger partial charge in [-0.25, -0.2) is 9.97 Å². The molecule has 1 N–H and O–H groups in total. The minimum Gasteiger partial charge on any atom is -0.339 e. The van der Waals surface area contributed by atoms with E-state index in [1.165, 1.54) is 12.1 Å². The normalized spacial score (nSPS) is 11.6. The second-order valence-electron chi connectivity index (χ2n) is 6.09. The Morgan fingerprint density at radius 3 is 2.21 bits per heavy atom. The lowest BCUT2D eigenvalue weighted by atomic mass is 10.1. The molecule has 0 radical (unpaired) electrons. The lowest BCUT2D eigenvalue weighted by molar-refractivity contribution is -0.136. The second kappa shape index (κ2) is 7.13. The van der Waals surface area contributed by atoms with Gasteiger partial charge in [-0.1, -0.05) is 35.9 Å². The first-order valence-electron chi connectivity index (χ1n) is 8.38. The van der Waals surface area contributed by atoms with Crippen molar-refractivity contribution < 1.29 is 13.2 Å². The molecule has 0 unspecified atom stereocenters. The van der Waals surface area contributed by atoms with Crippen LogP contribution in [-0.4, -0.2) is 9.97 Å². The van der Waals surface area contributed by atoms with Crippen LogP contribution in [0.4, 0.5) is 24.7 Å². The number of halogens is 4. The fourth-order valence-corrected chi connectivity index (χ4v) is 2.99. The lowest BCUT2D eigenvalue weighted by Crippen LogP contribution is -2.09. The van der Waals surface area contributed by atoms with Gasteiger partial charge < -0.3 is 5.32 Å². The van der Waals surface area contributed by atoms with Gasteiger partial charge in [0.15, 0.2) is 5.82 Å². The molecular formula is C21H13ClF3N3. The van der Waals surface area contributed by atoms with E-state index >= 15 is 0 Å². The molecule has 0 aliphatic carbocycles. The van der Waals surface area contributed by atoms with Crippen LogP contribution in [0.25, 0.3) is 22.3 Å². The highest BCUT2D eigenvalue weighted by Gasteiger charge is 2.33. The highest BCUT2D eigenvalue weighted by atomic mass is 35.5. The summed E-state index contributed by atoms with van der Waals surface area (Å²) in [6, 6.07) is 19.4. The Labute approximate surface area is 163 Å². The highest BCUT2D eigenvalue weighted by Crippen LogP contribution is 2.37. The van der Waals surface area contributed by atoms with Gasteiger partial charge in [-0.05, 0) is 48.5 Å². The molecule has 140 valence electrons. The summed E-state index contributed by atoms with van der Waals surface area (Å²) in [6.45, 7) is 0. The quantitative estimate of drug-likeness (QED) is 0.416. The number of rotatable bonds is 3. The summed E-state index contributed by atoms with van der Waals surface area (Å²) >= 11 is 5.93. The Kier molecular flexibility index (Phi) is 4.65. The van der Waals surface area contributed by atoms with Crippen molar-refractivity contribution >= 4 is 34.0 Å². The van der Waals surface area contributed by atoms with Gasteiger partial charge in [0.1, 0.15) is 5.82 Å². The molecule has 3 aromatic carbocycles. The Morgan fingerprint density at radius 2 is 1.46 bits per heavy atom. The molecule has 3 nitrogen and oxygen atoms in total. The molecule has 4 rings (SSSR count). The van der Waals surface area contributed by atoms with Gasteiger partial charge >= 0.3 is 6.18 Å². The predicted octanol–water partition coefficient (Wildman–Crippen LogP) is 6.71. The molecule has 1 heterocycles. The first kappa shape index (κ1) is 18.3. The van der Waals surface area contributed by atoms with Crippen LogP contribution in [0.5, 0.6) is 0 Å². The predicted molar refractivity (Wildman–Crippen MR) is 105 cm³/mol. The third kappa shape index (κ3) is 3.64. The van der Waals surface area contributed by atoms with E-state index < -0.39 is 11.7 Å². The van der Waals surface area contributed by atoms with E-state index in [9.17, 15) is 13.2 Å². The fraction of sp³-hybridized carbons (Fsp3) is 0.0476. The summed E-state index contributed by atoms with van der Waals surface area (Å²) in [6.07, 6.45) is -4.48. The van der Waals surface area contributed by atoms with Crippen LogP contribution in [0.15, 0.2) is 72.8 Å². The second-order valence-corrected chi connectivity index (χ2v) is 6.52. The monoisotopic (exact) mass is 399 g/mol. The van der Waals surface area contributed by atoms with E-state index in [4.69, 9.17) is 11.6 Å². The number of nitrogens with zero attached hydrogens (tertiary/aromatic N) is 2. The Balaban J connectivity index is 1.86. The molecule has 0 bridgehead atoms. The summed E-state index contributed by atoms with van der Waals surface area (Å²) in [5, 5.41) is 4.04. The molecule has 0 amide bonds. The standard InChI is InChI=1S/C21H13ClF3N3/c22-14-11-9-13(10-12-14)19-26-17-7-3-1-5-15(17)20(28-19)27-18-8-4-2-6-16(18)21(23,24)25/h1-12H,(H,26,27,28). The van der Waals surface area contributed by atoms with Gasteiger partial charge in [0.2, 0.25) is 0 Å². The molecule has 28 heavy (non-hydrogen) atoms. The number of nitrogens with one attached hydrogen (secondary N) is 1. The smallest absolute Gasteiger partial charge is 0.339 e. The molecule has 0 fully saturated rings. The molecule has 0 aliphatic heterocycles. The third-order valence-corrected chi connectivity index (χ3v) is 4.44. The Morgan fingerprint density at radius 1 is 0.786 bits per heavy atom. The number of hydrogen-bond donors (Lipinski definition) is 1. The lowest BCUT2D eigenvalue weighted by Gasteiger charge is -2.15. The molecule has 0 aliphatic rings. The van der Waals surface area contributed by atoms with Crippen LogP contribution >= 0.6 is 11.6 Å². The Hall–Kier alpha value is -3.12. The molecule has 0 saturated heterocycles. The Bertz CT molecular complexity index is 1140. The zero-order valence-electron chi connectivity index (χ0n) is 14.3. The molecule has 4 aromatic rings. The van der Waals surface area contributed by atoms with Crippen molar-refractivity contribution in [3.8, 4) is 11.4 Å². The first-order chi connectivity index (χ1) is 13.4. The third-order valence-electron chi connectivity index (χ3n) is 4.19. The van der Waals surface area contributed by atoms with Crippen LogP contribution in [0.2, 0.25) is 5.02 Å². The van der Waals surface area contributed by atoms with Crippen LogP contribution in [0.3, 0.4) is 0 Å². The van der Waals surface area contributed by atoms with E-state index in [0.29, 0.717) is 33.1 Å². The van der Waals surface area contributed by atoms with Crippen LogP contribution in [0, 0.1) is 0 Å². The minimum absolute atomic E-state index is 0.0686. The molecule has 0 saturated carbocycles. The average molecular weight is 400 g/mol. The van der Waals surface area contributed by atoms with Crippen molar-refractivity contribution in [3.05, 3.63) is 83.4 Å². The maximum absolute atomic E-state index is 13.4. The van der Waals surface area contributed by atoms with Crippen molar-refractivity contribution in [3.63, 3.8) is 0 Å².